The molecule has 1 saturated carbocycles. The Balaban J connectivity index is 1.40. The van der Waals surface area contributed by atoms with E-state index < -0.39 is 0 Å². The van der Waals surface area contributed by atoms with Crippen molar-refractivity contribution in [3.05, 3.63) is 59.9 Å². The van der Waals surface area contributed by atoms with Gasteiger partial charge in [-0.15, -0.1) is 9.24 Å². The van der Waals surface area contributed by atoms with Gasteiger partial charge in [0.1, 0.15) is 22.8 Å². The molecule has 0 saturated heterocycles. The maximum atomic E-state index is 13.2. The molecule has 5 rings (SSSR count). The number of nitrogens with zero attached hydrogens (tertiary/aromatic N) is 2. The van der Waals surface area contributed by atoms with E-state index >= 15 is 0 Å². The van der Waals surface area contributed by atoms with Gasteiger partial charge in [-0.1, -0.05) is 0 Å². The quantitative estimate of drug-likeness (QED) is 0.262. The molecule has 202 valence electrons. The number of nitrogens with one attached hydrogen (secondary N) is 1. The molecule has 1 unspecified atom stereocenters. The largest absolute Gasteiger partial charge is 0.493 e. The Kier molecular flexibility index (Phi) is 7.70. The lowest BCUT2D eigenvalue weighted by Crippen LogP contribution is -2.16. The molecule has 1 aliphatic rings. The number of carbonyl (C=O) groups is 1. The highest BCUT2D eigenvalue weighted by molar-refractivity contribution is 7.27. The van der Waals surface area contributed by atoms with Crippen molar-refractivity contribution in [1.29, 1.82) is 0 Å². The van der Waals surface area contributed by atoms with E-state index in [1.165, 1.54) is 13.3 Å². The van der Waals surface area contributed by atoms with Gasteiger partial charge in [-0.2, -0.15) is 0 Å². The minimum Gasteiger partial charge on any atom is -0.493 e. The highest BCUT2D eigenvalue weighted by Crippen LogP contribution is 2.38. The van der Waals surface area contributed by atoms with E-state index in [0.717, 1.165) is 34.6 Å². The maximum absolute atomic E-state index is 13.2. The Morgan fingerprint density at radius 1 is 1.03 bits per heavy atom. The molecule has 2 heterocycles. The molecule has 0 radical (unpaired) electrons. The van der Waals surface area contributed by atoms with Gasteiger partial charge in [0.05, 0.1) is 32.4 Å². The third kappa shape index (κ3) is 5.83. The zero-order valence-corrected chi connectivity index (χ0v) is 23.4. The monoisotopic (exact) mass is 547 g/mol. The molecule has 10 heteroatoms. The zero-order chi connectivity index (χ0) is 27.5. The summed E-state index contributed by atoms with van der Waals surface area (Å²) < 4.78 is 28.7. The summed E-state index contributed by atoms with van der Waals surface area (Å²) in [5.74, 6) is 3.02. The van der Waals surface area contributed by atoms with Gasteiger partial charge in [0.15, 0.2) is 11.5 Å². The van der Waals surface area contributed by atoms with E-state index in [0.29, 0.717) is 52.5 Å². The van der Waals surface area contributed by atoms with Gasteiger partial charge in [-0.3, -0.25) is 9.78 Å². The van der Waals surface area contributed by atoms with Crippen LogP contribution in [0.25, 0.3) is 10.9 Å². The van der Waals surface area contributed by atoms with Crippen molar-refractivity contribution in [2.45, 2.75) is 32.8 Å². The van der Waals surface area contributed by atoms with E-state index in [1.807, 2.05) is 38.1 Å². The predicted molar refractivity (Wildman–Crippen MR) is 152 cm³/mol. The summed E-state index contributed by atoms with van der Waals surface area (Å²) in [7, 11) is 5.81. The molecule has 2 aromatic heterocycles. The summed E-state index contributed by atoms with van der Waals surface area (Å²) in [5.41, 5.74) is 2.52. The van der Waals surface area contributed by atoms with Crippen LogP contribution in [0, 0.1) is 6.92 Å². The Labute approximate surface area is 229 Å². The topological polar surface area (TPSA) is 101 Å². The third-order valence-electron chi connectivity index (χ3n) is 6.17. The number of ether oxygens (including phenoxy) is 5. The number of amides is 1. The van der Waals surface area contributed by atoms with Crippen LogP contribution in [-0.4, -0.2) is 42.8 Å². The molecule has 1 amide bonds. The van der Waals surface area contributed by atoms with E-state index in [4.69, 9.17) is 23.7 Å². The van der Waals surface area contributed by atoms with Crippen LogP contribution in [0.3, 0.4) is 0 Å². The van der Waals surface area contributed by atoms with Crippen molar-refractivity contribution in [3.63, 3.8) is 0 Å². The fourth-order valence-electron chi connectivity index (χ4n) is 4.13. The fourth-order valence-corrected chi connectivity index (χ4v) is 4.60. The van der Waals surface area contributed by atoms with Gasteiger partial charge in [0, 0.05) is 40.9 Å². The Morgan fingerprint density at radius 2 is 1.85 bits per heavy atom. The summed E-state index contributed by atoms with van der Waals surface area (Å²) in [6, 6.07) is 10.8. The first-order valence-corrected chi connectivity index (χ1v) is 13.2. The maximum Gasteiger partial charge on any atom is 0.261 e. The van der Waals surface area contributed by atoms with Gasteiger partial charge in [-0.25, -0.2) is 4.98 Å². The second-order valence-corrected chi connectivity index (χ2v) is 9.69. The molecule has 0 spiro atoms. The minimum absolute atomic E-state index is 0.121. The average Bonchev–Trinajstić information content (AvgIpc) is 3.74. The normalized spacial score (nSPS) is 12.6. The molecule has 0 aliphatic heterocycles. The first-order valence-electron chi connectivity index (χ1n) is 12.6. The summed E-state index contributed by atoms with van der Waals surface area (Å²) in [5, 5.41) is 4.52. The number of fused-ring (bicyclic) bond motifs is 1. The van der Waals surface area contributed by atoms with Gasteiger partial charge in [-0.05, 0) is 56.5 Å². The Morgan fingerprint density at radius 3 is 2.54 bits per heavy atom. The first kappa shape index (κ1) is 26.5. The van der Waals surface area contributed by atoms with Crippen molar-refractivity contribution in [2.24, 2.45) is 0 Å². The van der Waals surface area contributed by atoms with Crippen molar-refractivity contribution in [1.82, 2.24) is 9.97 Å². The van der Waals surface area contributed by atoms with E-state index in [1.54, 1.807) is 25.4 Å². The van der Waals surface area contributed by atoms with Crippen molar-refractivity contribution in [2.75, 3.05) is 26.1 Å². The van der Waals surface area contributed by atoms with Crippen molar-refractivity contribution >= 4 is 37.0 Å². The third-order valence-corrected chi connectivity index (χ3v) is 6.60. The van der Waals surface area contributed by atoms with Crippen LogP contribution >= 0.6 is 9.24 Å². The number of anilines is 1. The number of rotatable bonds is 10. The van der Waals surface area contributed by atoms with E-state index in [9.17, 15) is 4.79 Å². The number of carbonyl (C=O) groups excluding carboxylic acids is 1. The van der Waals surface area contributed by atoms with Crippen LogP contribution in [-0.2, 0) is 0 Å². The molecular weight excluding hydrogens is 517 g/mol. The van der Waals surface area contributed by atoms with Crippen LogP contribution in [0.2, 0.25) is 0 Å². The van der Waals surface area contributed by atoms with Crippen LogP contribution in [0.5, 0.6) is 34.6 Å². The summed E-state index contributed by atoms with van der Waals surface area (Å²) in [4.78, 5) is 21.8. The number of methoxy groups -OCH3 is 2. The summed E-state index contributed by atoms with van der Waals surface area (Å²) >= 11 is 0. The lowest BCUT2D eigenvalue weighted by Gasteiger charge is -2.17. The standard InChI is InChI=1S/C29H30N3O6P/c1-5-36-25-13-21-19(12-24(25)34-3)22(8-9-30-21)38-28-16(2)10-17(11-26(28)39)32-29(33)20-15-31-27(35-4)14-23(20)37-18-6-7-18/h8-15,18H,5-7,39H2,1-4H3,(H,32,33). The van der Waals surface area contributed by atoms with Gasteiger partial charge in [0.25, 0.3) is 5.91 Å². The van der Waals surface area contributed by atoms with Crippen LogP contribution < -0.4 is 34.3 Å². The molecule has 4 aromatic rings. The second kappa shape index (κ2) is 11.3. The zero-order valence-electron chi connectivity index (χ0n) is 22.2. The van der Waals surface area contributed by atoms with Crippen molar-refractivity contribution < 1.29 is 28.5 Å². The average molecular weight is 548 g/mol. The number of pyridine rings is 2. The van der Waals surface area contributed by atoms with Gasteiger partial charge in [0.2, 0.25) is 5.88 Å². The van der Waals surface area contributed by atoms with E-state index in [2.05, 4.69) is 24.5 Å². The summed E-state index contributed by atoms with van der Waals surface area (Å²) in [6.07, 6.45) is 5.22. The molecule has 9 nitrogen and oxygen atoms in total. The molecular formula is C29H30N3O6P. The molecule has 1 aliphatic carbocycles. The van der Waals surface area contributed by atoms with Crippen molar-refractivity contribution in [3.8, 4) is 34.6 Å². The minimum atomic E-state index is -0.324. The number of benzene rings is 2. The van der Waals surface area contributed by atoms with E-state index in [-0.39, 0.29) is 12.0 Å². The lowest BCUT2D eigenvalue weighted by atomic mass is 10.1. The second-order valence-electron chi connectivity index (χ2n) is 9.07. The number of aryl methyl sites for hydroxylation is 1. The summed E-state index contributed by atoms with van der Waals surface area (Å²) in [6.45, 7) is 4.35. The molecule has 1 N–H and O–H groups in total. The van der Waals surface area contributed by atoms with Crippen LogP contribution in [0.15, 0.2) is 48.8 Å². The Hall–Kier alpha value is -4.10. The highest BCUT2D eigenvalue weighted by Gasteiger charge is 2.26. The molecule has 2 aromatic carbocycles. The molecule has 39 heavy (non-hydrogen) atoms. The molecule has 0 bridgehead atoms. The predicted octanol–water partition coefficient (Wildman–Crippen LogP) is 5.44. The smallest absolute Gasteiger partial charge is 0.261 e. The first-order chi connectivity index (χ1) is 18.9. The highest BCUT2D eigenvalue weighted by atomic mass is 31.0. The molecule has 1 atom stereocenters. The van der Waals surface area contributed by atoms with Crippen LogP contribution in [0.4, 0.5) is 5.69 Å². The Bertz CT molecular complexity index is 1520. The number of hydrogen-bond acceptors (Lipinski definition) is 8. The fraction of sp³-hybridized carbons (Fsp3) is 0.276. The SMILES string of the molecule is CCOc1cc2nccc(Oc3c(C)cc(NC(=O)c4cnc(OC)cc4OC4CC4)cc3P)c2cc1OC. The number of hydrogen-bond donors (Lipinski definition) is 1. The number of aromatic nitrogens is 2. The van der Waals surface area contributed by atoms with Crippen LogP contribution in [0.1, 0.15) is 35.7 Å². The molecule has 1 fully saturated rings. The van der Waals surface area contributed by atoms with Gasteiger partial charge >= 0.3 is 0 Å². The van der Waals surface area contributed by atoms with Gasteiger partial charge < -0.3 is 29.0 Å². The lowest BCUT2D eigenvalue weighted by molar-refractivity contribution is 0.102.